The number of aromatic nitrogens is 2. The maximum atomic E-state index is 12.2. The van der Waals surface area contributed by atoms with Gasteiger partial charge in [-0.15, -0.1) is 0 Å². The maximum Gasteiger partial charge on any atom is 0.246 e. The first-order valence-electron chi connectivity index (χ1n) is 6.87. The summed E-state index contributed by atoms with van der Waals surface area (Å²) in [7, 11) is 0.530. The molecule has 0 saturated carbocycles. The molecule has 0 aliphatic carbocycles. The van der Waals surface area contributed by atoms with E-state index in [2.05, 4.69) is 5.10 Å². The highest BCUT2D eigenvalue weighted by Gasteiger charge is 2.32. The van der Waals surface area contributed by atoms with Gasteiger partial charge in [0.25, 0.3) is 0 Å². The average Bonchev–Trinajstić information content (AvgIpc) is 2.87. The van der Waals surface area contributed by atoms with Gasteiger partial charge in [0.05, 0.1) is 17.2 Å². The number of rotatable bonds is 3. The van der Waals surface area contributed by atoms with Crippen molar-refractivity contribution in [2.75, 3.05) is 18.6 Å². The van der Waals surface area contributed by atoms with Crippen molar-refractivity contribution in [2.45, 2.75) is 26.3 Å². The highest BCUT2D eigenvalue weighted by molar-refractivity contribution is 7.91. The molecule has 0 bridgehead atoms. The van der Waals surface area contributed by atoms with Crippen molar-refractivity contribution in [3.8, 4) is 0 Å². The van der Waals surface area contributed by atoms with Crippen molar-refractivity contribution in [1.29, 1.82) is 0 Å². The van der Waals surface area contributed by atoms with E-state index in [9.17, 15) is 13.2 Å². The molecule has 0 spiro atoms. The van der Waals surface area contributed by atoms with Crippen molar-refractivity contribution in [3.05, 3.63) is 23.0 Å². The fourth-order valence-electron chi connectivity index (χ4n) is 2.56. The second-order valence-corrected chi connectivity index (χ2v) is 7.78. The summed E-state index contributed by atoms with van der Waals surface area (Å²) in [5.74, 6) is 0.0492. The van der Waals surface area contributed by atoms with Crippen molar-refractivity contribution >= 4 is 21.8 Å². The Labute approximate surface area is 125 Å². The van der Waals surface area contributed by atoms with Crippen LogP contribution < -0.4 is 0 Å². The van der Waals surface area contributed by atoms with Crippen molar-refractivity contribution in [3.63, 3.8) is 0 Å². The summed E-state index contributed by atoms with van der Waals surface area (Å²) in [6.45, 7) is 3.84. The molecule has 1 aliphatic rings. The van der Waals surface area contributed by atoms with Gasteiger partial charge in [0.2, 0.25) is 5.91 Å². The average molecular weight is 311 g/mol. The predicted octanol–water partition coefficient (Wildman–Crippen LogP) is 0.696. The molecule has 0 unspecified atom stereocenters. The van der Waals surface area contributed by atoms with Crippen LogP contribution in [-0.4, -0.2) is 53.6 Å². The molecule has 1 amide bonds. The van der Waals surface area contributed by atoms with Gasteiger partial charge in [0.1, 0.15) is 0 Å². The number of hydrogen-bond donors (Lipinski definition) is 0. The number of carbonyl (C=O) groups excluding carboxylic acids is 1. The Hall–Kier alpha value is -1.63. The van der Waals surface area contributed by atoms with E-state index in [-0.39, 0.29) is 23.5 Å². The quantitative estimate of drug-likeness (QED) is 0.770. The van der Waals surface area contributed by atoms with Crippen LogP contribution in [0.5, 0.6) is 0 Å². The Kier molecular flexibility index (Phi) is 4.22. The molecule has 0 N–H and O–H groups in total. The third kappa shape index (κ3) is 3.34. The topological polar surface area (TPSA) is 72.3 Å². The van der Waals surface area contributed by atoms with Gasteiger partial charge < -0.3 is 4.90 Å². The number of carbonyl (C=O) groups is 1. The van der Waals surface area contributed by atoms with Crippen LogP contribution in [0.2, 0.25) is 0 Å². The molecule has 116 valence electrons. The Morgan fingerprint density at radius 1 is 1.43 bits per heavy atom. The van der Waals surface area contributed by atoms with Gasteiger partial charge in [0, 0.05) is 37.5 Å². The van der Waals surface area contributed by atoms with Gasteiger partial charge in [-0.05, 0) is 26.3 Å². The van der Waals surface area contributed by atoms with Gasteiger partial charge >= 0.3 is 0 Å². The zero-order valence-electron chi connectivity index (χ0n) is 12.8. The molecule has 1 atom stereocenters. The Bertz CT molecular complexity index is 689. The van der Waals surface area contributed by atoms with E-state index in [1.54, 1.807) is 17.8 Å². The molecule has 0 aromatic carbocycles. The minimum atomic E-state index is -2.98. The van der Waals surface area contributed by atoms with E-state index >= 15 is 0 Å². The molecule has 1 aromatic rings. The minimum absolute atomic E-state index is 0.0635. The smallest absolute Gasteiger partial charge is 0.246 e. The zero-order chi connectivity index (χ0) is 15.8. The second kappa shape index (κ2) is 5.63. The third-order valence-corrected chi connectivity index (χ3v) is 5.81. The molecule has 6 nitrogen and oxygen atoms in total. The summed E-state index contributed by atoms with van der Waals surface area (Å²) >= 11 is 0. The van der Waals surface area contributed by atoms with Crippen LogP contribution in [0.4, 0.5) is 0 Å². The Morgan fingerprint density at radius 2 is 2.10 bits per heavy atom. The summed E-state index contributed by atoms with van der Waals surface area (Å²) in [4.78, 5) is 13.7. The second-order valence-electron chi connectivity index (χ2n) is 5.55. The molecule has 2 heterocycles. The Morgan fingerprint density at radius 3 is 2.57 bits per heavy atom. The third-order valence-electron chi connectivity index (χ3n) is 4.06. The monoisotopic (exact) mass is 311 g/mol. The summed E-state index contributed by atoms with van der Waals surface area (Å²) in [5, 5.41) is 4.29. The summed E-state index contributed by atoms with van der Waals surface area (Å²) in [6, 6.07) is -0.219. The first-order valence-corrected chi connectivity index (χ1v) is 8.69. The molecule has 1 aliphatic heterocycles. The van der Waals surface area contributed by atoms with E-state index in [1.807, 2.05) is 20.9 Å². The van der Waals surface area contributed by atoms with E-state index in [0.717, 1.165) is 17.0 Å². The van der Waals surface area contributed by atoms with Gasteiger partial charge in [-0.1, -0.05) is 0 Å². The lowest BCUT2D eigenvalue weighted by Gasteiger charge is -2.21. The fourth-order valence-corrected chi connectivity index (χ4v) is 4.34. The van der Waals surface area contributed by atoms with Crippen molar-refractivity contribution in [1.82, 2.24) is 14.7 Å². The lowest BCUT2D eigenvalue weighted by atomic mass is 10.1. The lowest BCUT2D eigenvalue weighted by Crippen LogP contribution is -2.36. The van der Waals surface area contributed by atoms with E-state index < -0.39 is 9.84 Å². The molecule has 7 heteroatoms. The summed E-state index contributed by atoms with van der Waals surface area (Å²) in [5.41, 5.74) is 2.78. The van der Waals surface area contributed by atoms with Crippen LogP contribution in [0.1, 0.15) is 23.4 Å². The first kappa shape index (κ1) is 15.8. The van der Waals surface area contributed by atoms with E-state index in [0.29, 0.717) is 6.42 Å². The van der Waals surface area contributed by atoms with Gasteiger partial charge in [-0.25, -0.2) is 8.42 Å². The Balaban J connectivity index is 2.09. The van der Waals surface area contributed by atoms with Gasteiger partial charge in [-0.3, -0.25) is 9.48 Å². The molecule has 21 heavy (non-hydrogen) atoms. The molecule has 1 aromatic heterocycles. The van der Waals surface area contributed by atoms with Gasteiger partial charge in [-0.2, -0.15) is 5.10 Å². The summed E-state index contributed by atoms with van der Waals surface area (Å²) in [6.07, 6.45) is 3.76. The number of sulfone groups is 1. The highest BCUT2D eigenvalue weighted by atomic mass is 32.2. The zero-order valence-corrected chi connectivity index (χ0v) is 13.6. The van der Waals surface area contributed by atoms with Crippen molar-refractivity contribution in [2.24, 2.45) is 7.05 Å². The number of likely N-dealkylation sites (N-methyl/N-ethyl adjacent to an activating group) is 1. The number of nitrogens with zero attached hydrogens (tertiary/aromatic N) is 3. The normalized spacial score (nSPS) is 21.0. The maximum absolute atomic E-state index is 12.2. The van der Waals surface area contributed by atoms with Crippen LogP contribution in [0, 0.1) is 13.8 Å². The molecule has 1 saturated heterocycles. The van der Waals surface area contributed by atoms with Gasteiger partial charge in [0.15, 0.2) is 9.84 Å². The lowest BCUT2D eigenvalue weighted by molar-refractivity contribution is -0.126. The number of hydrogen-bond acceptors (Lipinski definition) is 4. The minimum Gasteiger partial charge on any atom is -0.338 e. The van der Waals surface area contributed by atoms with E-state index in [4.69, 9.17) is 0 Å². The standard InChI is InChI=1S/C14H21N3O3S/c1-10-13(11(2)17(4)15-10)5-6-14(18)16(3)12-7-8-21(19,20)9-12/h5-6,12H,7-9H2,1-4H3/b6-5+/t12-/m0/s1. The largest absolute Gasteiger partial charge is 0.338 e. The molecule has 2 rings (SSSR count). The van der Waals surface area contributed by atoms with Crippen LogP contribution in [-0.2, 0) is 21.7 Å². The fraction of sp³-hybridized carbons (Fsp3) is 0.571. The molecule has 1 fully saturated rings. The van der Waals surface area contributed by atoms with Crippen molar-refractivity contribution < 1.29 is 13.2 Å². The SMILES string of the molecule is Cc1nn(C)c(C)c1/C=C/C(=O)N(C)[C@H]1CCS(=O)(=O)C1. The van der Waals surface area contributed by atoms with Crippen LogP contribution in [0.3, 0.4) is 0 Å². The molecule has 0 radical (unpaired) electrons. The molecular weight excluding hydrogens is 290 g/mol. The number of aryl methyl sites for hydroxylation is 2. The number of amides is 1. The summed E-state index contributed by atoms with van der Waals surface area (Å²) < 4.78 is 24.7. The van der Waals surface area contributed by atoms with Crippen LogP contribution in [0.15, 0.2) is 6.08 Å². The first-order chi connectivity index (χ1) is 9.71. The predicted molar refractivity (Wildman–Crippen MR) is 81.5 cm³/mol. The van der Waals surface area contributed by atoms with Crippen LogP contribution >= 0.6 is 0 Å². The van der Waals surface area contributed by atoms with Crippen LogP contribution in [0.25, 0.3) is 6.08 Å². The highest BCUT2D eigenvalue weighted by Crippen LogP contribution is 2.18. The molecular formula is C14H21N3O3S. The van der Waals surface area contributed by atoms with E-state index in [1.165, 1.54) is 11.0 Å².